The third-order valence-corrected chi connectivity index (χ3v) is 5.17. The van der Waals surface area contributed by atoms with Gasteiger partial charge in [-0.05, 0) is 100 Å². The van der Waals surface area contributed by atoms with Crippen LogP contribution in [-0.4, -0.2) is 18.0 Å². The largest absolute Gasteiger partial charge is 0.299 e. The van der Waals surface area contributed by atoms with Gasteiger partial charge in [-0.1, -0.05) is 43.0 Å². The average Bonchev–Trinajstić information content (AvgIpc) is 2.57. The quantitative estimate of drug-likeness (QED) is 0.413. The number of hydrogen-bond donors (Lipinski definition) is 0. The highest BCUT2D eigenvalue weighted by molar-refractivity contribution is 5.65. The maximum Gasteiger partial charge on any atom is 0.0236 e. The molecule has 0 spiro atoms. The Kier molecular flexibility index (Phi) is 8.81. The van der Waals surface area contributed by atoms with Gasteiger partial charge >= 0.3 is 0 Å². The second kappa shape index (κ2) is 10.3. The van der Waals surface area contributed by atoms with Crippen LogP contribution in [0.25, 0.3) is 5.57 Å². The highest BCUT2D eigenvalue weighted by Gasteiger charge is 2.22. The van der Waals surface area contributed by atoms with Crippen LogP contribution in [0.4, 0.5) is 0 Å². The molecule has 0 saturated carbocycles. The fourth-order valence-corrected chi connectivity index (χ4v) is 3.56. The molecule has 1 aromatic carbocycles. The van der Waals surface area contributed by atoms with Gasteiger partial charge < -0.3 is 0 Å². The molecule has 0 bridgehead atoms. The SMILES string of the molecule is C=C(C)C(=C)C1CCN(Cc2cc(C(=C)C)c(C)cc2C)CC1.C=CC. The molecule has 0 atom stereocenters. The first-order valence-electron chi connectivity index (χ1n) is 9.61. The maximum atomic E-state index is 4.21. The number of piperidine rings is 1. The molecule has 1 fully saturated rings. The fraction of sp³-hybridized carbons (Fsp3) is 0.440. The number of aryl methyl sites for hydroxylation is 2. The lowest BCUT2D eigenvalue weighted by Gasteiger charge is -2.33. The first-order chi connectivity index (χ1) is 12.2. The van der Waals surface area contributed by atoms with Crippen molar-refractivity contribution in [1.82, 2.24) is 4.90 Å². The summed E-state index contributed by atoms with van der Waals surface area (Å²) in [6, 6.07) is 4.64. The Balaban J connectivity index is 0.00000105. The van der Waals surface area contributed by atoms with Crippen LogP contribution in [0.15, 0.2) is 55.7 Å². The van der Waals surface area contributed by atoms with Gasteiger partial charge in [0.15, 0.2) is 0 Å². The van der Waals surface area contributed by atoms with Gasteiger partial charge in [0, 0.05) is 6.54 Å². The van der Waals surface area contributed by atoms with Crippen LogP contribution in [0, 0.1) is 19.8 Å². The summed E-state index contributed by atoms with van der Waals surface area (Å²) < 4.78 is 0. The molecule has 1 nitrogen and oxygen atoms in total. The first kappa shape index (κ1) is 22.2. The van der Waals surface area contributed by atoms with Gasteiger partial charge in [0.1, 0.15) is 0 Å². The van der Waals surface area contributed by atoms with Crippen LogP contribution >= 0.6 is 0 Å². The van der Waals surface area contributed by atoms with Crippen LogP contribution in [-0.2, 0) is 6.54 Å². The lowest BCUT2D eigenvalue weighted by Crippen LogP contribution is -2.34. The molecule has 1 heterocycles. The normalized spacial score (nSPS) is 15.0. The zero-order valence-corrected chi connectivity index (χ0v) is 17.6. The van der Waals surface area contributed by atoms with Crippen molar-refractivity contribution >= 4 is 5.57 Å². The number of likely N-dealkylation sites (tertiary alicyclic amines) is 1. The molecule has 0 radical (unpaired) electrons. The standard InChI is InChI=1S/C22H31N.C3H6/c1-15(2)19(7)20-8-10-23(11-9-20)14-21-13-22(16(3)4)18(6)12-17(21)5;1-3-2/h12-13,20H,1,3,7-11,14H2,2,4-6H3;3H,1H2,2H3. The van der Waals surface area contributed by atoms with E-state index < -0.39 is 0 Å². The van der Waals surface area contributed by atoms with Crippen LogP contribution in [0.5, 0.6) is 0 Å². The van der Waals surface area contributed by atoms with E-state index in [1.807, 2.05) is 6.92 Å². The Bertz CT molecular complexity index is 670. The molecule has 0 unspecified atom stereocenters. The van der Waals surface area contributed by atoms with Crippen molar-refractivity contribution in [3.63, 3.8) is 0 Å². The monoisotopic (exact) mass is 351 g/mol. The molecule has 1 aromatic rings. The Hall–Kier alpha value is -1.86. The Morgan fingerprint density at radius 1 is 1.08 bits per heavy atom. The van der Waals surface area contributed by atoms with E-state index >= 15 is 0 Å². The predicted octanol–water partition coefficient (Wildman–Crippen LogP) is 6.87. The highest BCUT2D eigenvalue weighted by atomic mass is 15.1. The van der Waals surface area contributed by atoms with Crippen LogP contribution in [0.1, 0.15) is 55.9 Å². The van der Waals surface area contributed by atoms with Crippen LogP contribution in [0.3, 0.4) is 0 Å². The maximum absolute atomic E-state index is 4.21. The molecule has 142 valence electrons. The summed E-state index contributed by atoms with van der Waals surface area (Å²) in [6.07, 6.45) is 4.15. The Morgan fingerprint density at radius 3 is 2.08 bits per heavy atom. The summed E-state index contributed by atoms with van der Waals surface area (Å²) in [7, 11) is 0. The summed E-state index contributed by atoms with van der Waals surface area (Å²) in [4.78, 5) is 2.57. The van der Waals surface area contributed by atoms with Gasteiger partial charge in [0.05, 0.1) is 0 Å². The summed E-state index contributed by atoms with van der Waals surface area (Å²) >= 11 is 0. The molecule has 2 rings (SSSR count). The van der Waals surface area contributed by atoms with E-state index in [-0.39, 0.29) is 0 Å². The van der Waals surface area contributed by atoms with E-state index in [0.29, 0.717) is 5.92 Å². The van der Waals surface area contributed by atoms with Crippen molar-refractivity contribution in [3.8, 4) is 0 Å². The van der Waals surface area contributed by atoms with E-state index in [2.05, 4.69) is 71.0 Å². The fourth-order valence-electron chi connectivity index (χ4n) is 3.56. The van der Waals surface area contributed by atoms with E-state index in [9.17, 15) is 0 Å². The molecule has 0 N–H and O–H groups in total. The van der Waals surface area contributed by atoms with Gasteiger partial charge in [0.25, 0.3) is 0 Å². The minimum atomic E-state index is 0.619. The predicted molar refractivity (Wildman–Crippen MR) is 118 cm³/mol. The van der Waals surface area contributed by atoms with Crippen molar-refractivity contribution in [3.05, 3.63) is 77.9 Å². The number of nitrogens with zero attached hydrogens (tertiary/aromatic N) is 1. The first-order valence-corrected chi connectivity index (χ1v) is 9.61. The Morgan fingerprint density at radius 2 is 1.62 bits per heavy atom. The topological polar surface area (TPSA) is 3.24 Å². The third kappa shape index (κ3) is 6.14. The highest BCUT2D eigenvalue weighted by Crippen LogP contribution is 2.29. The molecule has 1 saturated heterocycles. The molecule has 1 aliphatic rings. The third-order valence-electron chi connectivity index (χ3n) is 5.17. The second-order valence-electron chi connectivity index (χ2n) is 7.64. The molecule has 0 aromatic heterocycles. The second-order valence-corrected chi connectivity index (χ2v) is 7.64. The number of benzene rings is 1. The van der Waals surface area contributed by atoms with Crippen molar-refractivity contribution in [2.24, 2.45) is 5.92 Å². The van der Waals surface area contributed by atoms with Gasteiger partial charge in [-0.2, -0.15) is 0 Å². The van der Waals surface area contributed by atoms with Gasteiger partial charge in [-0.3, -0.25) is 4.90 Å². The van der Waals surface area contributed by atoms with Crippen molar-refractivity contribution in [2.75, 3.05) is 13.1 Å². The molecule has 26 heavy (non-hydrogen) atoms. The Labute approximate surface area is 161 Å². The zero-order valence-electron chi connectivity index (χ0n) is 17.6. The summed E-state index contributed by atoms with van der Waals surface area (Å²) in [5, 5.41) is 0. The van der Waals surface area contributed by atoms with Crippen molar-refractivity contribution in [2.45, 2.75) is 54.0 Å². The smallest absolute Gasteiger partial charge is 0.0236 e. The van der Waals surface area contributed by atoms with E-state index in [1.54, 1.807) is 6.08 Å². The van der Waals surface area contributed by atoms with Crippen molar-refractivity contribution in [1.29, 1.82) is 0 Å². The molecule has 0 aliphatic carbocycles. The lowest BCUT2D eigenvalue weighted by molar-refractivity contribution is 0.192. The summed E-state index contributed by atoms with van der Waals surface area (Å²) in [5.41, 5.74) is 9.00. The number of hydrogen-bond acceptors (Lipinski definition) is 1. The molecular weight excluding hydrogens is 314 g/mol. The van der Waals surface area contributed by atoms with Gasteiger partial charge in [-0.25, -0.2) is 0 Å². The van der Waals surface area contributed by atoms with Crippen molar-refractivity contribution < 1.29 is 0 Å². The molecule has 1 aliphatic heterocycles. The zero-order chi connectivity index (χ0) is 19.9. The molecule has 1 heteroatoms. The lowest BCUT2D eigenvalue weighted by atomic mass is 9.86. The molecular formula is C25H37N. The molecule has 0 amide bonds. The van der Waals surface area contributed by atoms with E-state index in [4.69, 9.17) is 0 Å². The summed E-state index contributed by atoms with van der Waals surface area (Å²) in [5.74, 6) is 0.619. The number of rotatable bonds is 5. The van der Waals surface area contributed by atoms with Crippen LogP contribution < -0.4 is 0 Å². The van der Waals surface area contributed by atoms with Gasteiger partial charge in [-0.15, -0.1) is 6.58 Å². The minimum absolute atomic E-state index is 0.619. The van der Waals surface area contributed by atoms with Gasteiger partial charge in [0.2, 0.25) is 0 Å². The summed E-state index contributed by atoms with van der Waals surface area (Å²) in [6.45, 7) is 29.5. The van der Waals surface area contributed by atoms with Crippen LogP contribution in [0.2, 0.25) is 0 Å². The minimum Gasteiger partial charge on any atom is -0.299 e. The number of allylic oxidation sites excluding steroid dienone is 4. The van der Waals surface area contributed by atoms with E-state index in [0.717, 1.165) is 30.8 Å². The average molecular weight is 352 g/mol. The van der Waals surface area contributed by atoms with E-state index in [1.165, 1.54) is 40.7 Å².